The number of amides is 1. The van der Waals surface area contributed by atoms with E-state index in [0.29, 0.717) is 24.7 Å². The molecule has 0 saturated heterocycles. The van der Waals surface area contributed by atoms with Gasteiger partial charge in [-0.3, -0.25) is 4.79 Å². The van der Waals surface area contributed by atoms with Gasteiger partial charge in [0.1, 0.15) is 12.4 Å². The summed E-state index contributed by atoms with van der Waals surface area (Å²) >= 11 is 0. The second kappa shape index (κ2) is 6.52. The van der Waals surface area contributed by atoms with Crippen molar-refractivity contribution in [3.63, 3.8) is 0 Å². The van der Waals surface area contributed by atoms with E-state index in [1.807, 2.05) is 12.1 Å². The summed E-state index contributed by atoms with van der Waals surface area (Å²) in [6, 6.07) is 5.46. The van der Waals surface area contributed by atoms with Crippen LogP contribution in [0.1, 0.15) is 19.3 Å². The van der Waals surface area contributed by atoms with Gasteiger partial charge in [-0.2, -0.15) is 0 Å². The first kappa shape index (κ1) is 13.8. The van der Waals surface area contributed by atoms with Crippen LogP contribution in [0.5, 0.6) is 17.2 Å². The highest BCUT2D eigenvalue weighted by Crippen LogP contribution is 2.34. The number of hydrogen-bond acceptors (Lipinski definition) is 4. The van der Waals surface area contributed by atoms with Gasteiger partial charge in [-0.1, -0.05) is 12.2 Å². The molecule has 2 aliphatic rings. The van der Waals surface area contributed by atoms with E-state index in [4.69, 9.17) is 14.2 Å². The molecule has 0 unspecified atom stereocenters. The molecule has 1 aromatic rings. The van der Waals surface area contributed by atoms with Crippen molar-refractivity contribution in [1.29, 1.82) is 0 Å². The first-order valence-corrected chi connectivity index (χ1v) is 7.28. The van der Waals surface area contributed by atoms with Crippen LogP contribution in [-0.4, -0.2) is 25.9 Å². The average Bonchev–Trinajstić information content (AvgIpc) is 3.00. The number of rotatable bonds is 5. The van der Waals surface area contributed by atoms with Crippen molar-refractivity contribution in [3.8, 4) is 17.2 Å². The van der Waals surface area contributed by atoms with Crippen molar-refractivity contribution in [2.45, 2.75) is 19.3 Å². The standard InChI is InChI=1S/C16H19NO4/c18-16(12-4-2-1-3-5-12)17-8-9-19-13-6-7-14-15(10-13)21-11-20-14/h1-2,6-7,10,12H,3-5,8-9,11H2,(H,17,18)/t12-/m0/s1. The van der Waals surface area contributed by atoms with Crippen LogP contribution in [0.15, 0.2) is 30.4 Å². The second-order valence-corrected chi connectivity index (χ2v) is 5.14. The van der Waals surface area contributed by atoms with Crippen LogP contribution in [0, 0.1) is 5.92 Å². The van der Waals surface area contributed by atoms with Crippen LogP contribution in [0.3, 0.4) is 0 Å². The first-order chi connectivity index (χ1) is 10.3. The van der Waals surface area contributed by atoms with Gasteiger partial charge in [0, 0.05) is 12.0 Å². The molecule has 5 nitrogen and oxygen atoms in total. The molecule has 1 amide bonds. The number of benzene rings is 1. The topological polar surface area (TPSA) is 56.8 Å². The number of carbonyl (C=O) groups excluding carboxylic acids is 1. The molecular formula is C16H19NO4. The Morgan fingerprint density at radius 1 is 1.29 bits per heavy atom. The van der Waals surface area contributed by atoms with Crippen LogP contribution in [0.2, 0.25) is 0 Å². The molecular weight excluding hydrogens is 270 g/mol. The third-order valence-corrected chi connectivity index (χ3v) is 3.65. The molecule has 0 fully saturated rings. The highest BCUT2D eigenvalue weighted by Gasteiger charge is 2.18. The SMILES string of the molecule is O=C(NCCOc1ccc2c(c1)OCO2)[C@H]1CC=CCC1. The fourth-order valence-electron chi connectivity index (χ4n) is 2.49. The molecule has 0 aromatic heterocycles. The Morgan fingerprint density at radius 3 is 3.05 bits per heavy atom. The predicted octanol–water partition coefficient (Wildman–Crippen LogP) is 2.27. The lowest BCUT2D eigenvalue weighted by Gasteiger charge is -2.17. The van der Waals surface area contributed by atoms with Gasteiger partial charge in [0.05, 0.1) is 6.54 Å². The Balaban J connectivity index is 1.40. The van der Waals surface area contributed by atoms with Crippen LogP contribution in [0.25, 0.3) is 0 Å². The van der Waals surface area contributed by atoms with Crippen molar-refractivity contribution in [3.05, 3.63) is 30.4 Å². The van der Waals surface area contributed by atoms with Crippen molar-refractivity contribution in [2.24, 2.45) is 5.92 Å². The lowest BCUT2D eigenvalue weighted by Crippen LogP contribution is -2.34. The van der Waals surface area contributed by atoms with E-state index < -0.39 is 0 Å². The summed E-state index contributed by atoms with van der Waals surface area (Å²) in [7, 11) is 0. The molecule has 1 aliphatic carbocycles. The summed E-state index contributed by atoms with van der Waals surface area (Å²) in [6.45, 7) is 1.20. The number of nitrogens with one attached hydrogen (secondary N) is 1. The maximum Gasteiger partial charge on any atom is 0.231 e. The van der Waals surface area contributed by atoms with Crippen molar-refractivity contribution in [2.75, 3.05) is 19.9 Å². The molecule has 1 atom stereocenters. The number of allylic oxidation sites excluding steroid dienone is 2. The quantitative estimate of drug-likeness (QED) is 0.667. The zero-order valence-electron chi connectivity index (χ0n) is 11.8. The van der Waals surface area contributed by atoms with E-state index in [9.17, 15) is 4.79 Å². The Bertz CT molecular complexity index is 541. The summed E-state index contributed by atoms with van der Waals surface area (Å²) in [5.74, 6) is 2.38. The largest absolute Gasteiger partial charge is 0.492 e. The third-order valence-electron chi connectivity index (χ3n) is 3.65. The Hall–Kier alpha value is -2.17. The van der Waals surface area contributed by atoms with E-state index in [0.717, 1.165) is 25.0 Å². The number of hydrogen-bond donors (Lipinski definition) is 1. The number of fused-ring (bicyclic) bond motifs is 1. The predicted molar refractivity (Wildman–Crippen MR) is 77.6 cm³/mol. The normalized spacial score (nSPS) is 19.3. The molecule has 0 spiro atoms. The van der Waals surface area contributed by atoms with Gasteiger partial charge in [0.25, 0.3) is 0 Å². The van der Waals surface area contributed by atoms with E-state index in [-0.39, 0.29) is 18.6 Å². The van der Waals surface area contributed by atoms with Crippen molar-refractivity contribution >= 4 is 5.91 Å². The van der Waals surface area contributed by atoms with Crippen molar-refractivity contribution in [1.82, 2.24) is 5.32 Å². The summed E-state index contributed by atoms with van der Waals surface area (Å²) < 4.78 is 16.1. The maximum atomic E-state index is 11.9. The summed E-state index contributed by atoms with van der Waals surface area (Å²) in [5, 5.41) is 2.92. The molecule has 1 heterocycles. The number of ether oxygens (including phenoxy) is 3. The zero-order valence-corrected chi connectivity index (χ0v) is 11.8. The Labute approximate surface area is 123 Å². The van der Waals surface area contributed by atoms with Crippen molar-refractivity contribution < 1.29 is 19.0 Å². The van der Waals surface area contributed by atoms with Crippen LogP contribution >= 0.6 is 0 Å². The van der Waals surface area contributed by atoms with Crippen LogP contribution in [0.4, 0.5) is 0 Å². The molecule has 112 valence electrons. The molecule has 1 aliphatic heterocycles. The Kier molecular flexibility index (Phi) is 4.28. The summed E-state index contributed by atoms with van der Waals surface area (Å²) in [4.78, 5) is 11.9. The summed E-state index contributed by atoms with van der Waals surface area (Å²) in [6.07, 6.45) is 6.98. The molecule has 1 N–H and O–H groups in total. The van der Waals surface area contributed by atoms with Gasteiger partial charge in [0.15, 0.2) is 11.5 Å². The molecule has 0 bridgehead atoms. The van der Waals surface area contributed by atoms with Gasteiger partial charge in [-0.25, -0.2) is 0 Å². The fourth-order valence-corrected chi connectivity index (χ4v) is 2.49. The van der Waals surface area contributed by atoms with Gasteiger partial charge in [-0.15, -0.1) is 0 Å². The van der Waals surface area contributed by atoms with Crippen LogP contribution in [-0.2, 0) is 4.79 Å². The van der Waals surface area contributed by atoms with Gasteiger partial charge in [0.2, 0.25) is 12.7 Å². The molecule has 5 heteroatoms. The lowest BCUT2D eigenvalue weighted by atomic mass is 9.94. The minimum atomic E-state index is 0.112. The van der Waals surface area contributed by atoms with E-state index in [2.05, 4.69) is 17.5 Å². The minimum Gasteiger partial charge on any atom is -0.492 e. The average molecular weight is 289 g/mol. The van der Waals surface area contributed by atoms with Gasteiger partial charge in [-0.05, 0) is 31.4 Å². The highest BCUT2D eigenvalue weighted by atomic mass is 16.7. The van der Waals surface area contributed by atoms with Gasteiger partial charge >= 0.3 is 0 Å². The zero-order chi connectivity index (χ0) is 14.5. The van der Waals surface area contributed by atoms with Gasteiger partial charge < -0.3 is 19.5 Å². The first-order valence-electron chi connectivity index (χ1n) is 7.28. The number of carbonyl (C=O) groups is 1. The minimum absolute atomic E-state index is 0.112. The lowest BCUT2D eigenvalue weighted by molar-refractivity contribution is -0.125. The maximum absolute atomic E-state index is 11.9. The second-order valence-electron chi connectivity index (χ2n) is 5.14. The monoisotopic (exact) mass is 289 g/mol. The van der Waals surface area contributed by atoms with Crippen LogP contribution < -0.4 is 19.5 Å². The van der Waals surface area contributed by atoms with E-state index in [1.165, 1.54) is 0 Å². The van der Waals surface area contributed by atoms with E-state index >= 15 is 0 Å². The Morgan fingerprint density at radius 2 is 2.19 bits per heavy atom. The molecule has 1 aromatic carbocycles. The molecule has 0 radical (unpaired) electrons. The van der Waals surface area contributed by atoms with E-state index in [1.54, 1.807) is 6.07 Å². The highest BCUT2D eigenvalue weighted by molar-refractivity contribution is 5.78. The third kappa shape index (κ3) is 3.48. The smallest absolute Gasteiger partial charge is 0.231 e. The molecule has 3 rings (SSSR count). The fraction of sp³-hybridized carbons (Fsp3) is 0.438. The molecule has 0 saturated carbocycles. The molecule has 21 heavy (non-hydrogen) atoms. The summed E-state index contributed by atoms with van der Waals surface area (Å²) in [5.41, 5.74) is 0.